The van der Waals surface area contributed by atoms with Gasteiger partial charge in [-0.1, -0.05) is 6.92 Å². The van der Waals surface area contributed by atoms with Gasteiger partial charge in [0.15, 0.2) is 6.23 Å². The van der Waals surface area contributed by atoms with Gasteiger partial charge in [-0.15, -0.1) is 0 Å². The van der Waals surface area contributed by atoms with Gasteiger partial charge in [-0.25, -0.2) is 0 Å². The van der Waals surface area contributed by atoms with Gasteiger partial charge < -0.3 is 30.7 Å². The third-order valence-corrected chi connectivity index (χ3v) is 3.31. The van der Waals surface area contributed by atoms with E-state index in [1.165, 1.54) is 0 Å². The van der Waals surface area contributed by atoms with E-state index in [2.05, 4.69) is 23.3 Å². The number of rotatable bonds is 5. The minimum Gasteiger partial charge on any atom is -0.394 e. The van der Waals surface area contributed by atoms with Crippen molar-refractivity contribution in [1.82, 2.24) is 10.6 Å². The molecule has 0 spiro atoms. The van der Waals surface area contributed by atoms with Crippen LogP contribution in [0.3, 0.4) is 0 Å². The number of aliphatic hydroxyl groups is 3. The van der Waals surface area contributed by atoms with Crippen LogP contribution in [0.4, 0.5) is 0 Å². The Balaban J connectivity index is 2.86. The number of carbonyl (C=O) groups excluding carboxylic acids is 2. The number of ether oxygens (including phenoxy) is 1. The van der Waals surface area contributed by atoms with Crippen LogP contribution in [0.5, 0.6) is 0 Å². The molecule has 5 N–H and O–H groups in total. The Morgan fingerprint density at radius 3 is 2.35 bits per heavy atom. The summed E-state index contributed by atoms with van der Waals surface area (Å²) in [7, 11) is 0. The van der Waals surface area contributed by atoms with Crippen LogP contribution >= 0.6 is 12.6 Å². The fourth-order valence-corrected chi connectivity index (χ4v) is 1.98. The molecule has 1 aliphatic rings. The van der Waals surface area contributed by atoms with Crippen LogP contribution in [0.2, 0.25) is 0 Å². The average molecular weight is 308 g/mol. The number of aliphatic hydroxyl groups excluding tert-OH is 3. The van der Waals surface area contributed by atoms with Crippen molar-refractivity contribution in [2.24, 2.45) is 0 Å². The van der Waals surface area contributed by atoms with Gasteiger partial charge in [0, 0.05) is 6.42 Å². The summed E-state index contributed by atoms with van der Waals surface area (Å²) in [5.41, 5.74) is 0. The first-order chi connectivity index (χ1) is 9.44. The van der Waals surface area contributed by atoms with Gasteiger partial charge in [0.1, 0.15) is 24.4 Å². The van der Waals surface area contributed by atoms with E-state index in [4.69, 9.17) is 9.84 Å². The summed E-state index contributed by atoms with van der Waals surface area (Å²) >= 11 is 3.80. The van der Waals surface area contributed by atoms with Crippen molar-refractivity contribution in [3.8, 4) is 0 Å². The maximum Gasteiger partial charge on any atom is 0.230 e. The molecule has 1 saturated heterocycles. The Hall–Kier alpha value is -0.870. The van der Waals surface area contributed by atoms with Crippen molar-refractivity contribution in [3.63, 3.8) is 0 Å². The zero-order chi connectivity index (χ0) is 15.3. The monoisotopic (exact) mass is 308 g/mol. The summed E-state index contributed by atoms with van der Waals surface area (Å²) in [6, 6.07) is -1.03. The molecule has 0 aromatic heterocycles. The van der Waals surface area contributed by atoms with E-state index < -0.39 is 43.1 Å². The highest BCUT2D eigenvalue weighted by molar-refractivity contribution is 7.81. The topological polar surface area (TPSA) is 128 Å². The van der Waals surface area contributed by atoms with E-state index in [0.717, 1.165) is 0 Å². The van der Waals surface area contributed by atoms with Crippen molar-refractivity contribution < 1.29 is 29.6 Å². The minimum absolute atomic E-state index is 0.114. The average Bonchev–Trinajstić information content (AvgIpc) is 2.45. The number of nitrogens with one attached hydrogen (secondary N) is 2. The molecule has 5 atom stereocenters. The van der Waals surface area contributed by atoms with Gasteiger partial charge in [0.05, 0.1) is 12.4 Å². The van der Waals surface area contributed by atoms with Crippen LogP contribution in [0.1, 0.15) is 13.3 Å². The van der Waals surface area contributed by atoms with Crippen molar-refractivity contribution in [3.05, 3.63) is 0 Å². The van der Waals surface area contributed by atoms with Crippen molar-refractivity contribution in [2.75, 3.05) is 12.4 Å². The largest absolute Gasteiger partial charge is 0.394 e. The quantitative estimate of drug-likeness (QED) is 0.308. The first-order valence-electron chi connectivity index (χ1n) is 6.26. The van der Waals surface area contributed by atoms with E-state index in [9.17, 15) is 19.8 Å². The van der Waals surface area contributed by atoms with E-state index in [-0.39, 0.29) is 18.1 Å². The second kappa shape index (κ2) is 7.79. The Morgan fingerprint density at radius 1 is 1.20 bits per heavy atom. The molecule has 0 saturated carbocycles. The van der Waals surface area contributed by atoms with Gasteiger partial charge in [-0.05, 0) is 0 Å². The summed E-state index contributed by atoms with van der Waals surface area (Å²) in [6.45, 7) is 1.11. The first-order valence-corrected chi connectivity index (χ1v) is 6.89. The molecular formula is C11H20N2O6S. The lowest BCUT2D eigenvalue weighted by Gasteiger charge is -2.42. The Labute approximate surface area is 121 Å². The van der Waals surface area contributed by atoms with E-state index in [0.29, 0.717) is 0 Å². The molecule has 116 valence electrons. The Kier molecular flexibility index (Phi) is 6.69. The molecule has 1 aliphatic heterocycles. The van der Waals surface area contributed by atoms with Gasteiger partial charge in [0.25, 0.3) is 0 Å². The van der Waals surface area contributed by atoms with Crippen molar-refractivity contribution in [2.45, 2.75) is 43.9 Å². The Morgan fingerprint density at radius 2 is 1.85 bits per heavy atom. The maximum atomic E-state index is 11.4. The van der Waals surface area contributed by atoms with Gasteiger partial charge in [0.2, 0.25) is 11.8 Å². The predicted octanol–water partition coefficient (Wildman–Crippen LogP) is -2.63. The van der Waals surface area contributed by atoms with Crippen LogP contribution in [0.15, 0.2) is 0 Å². The highest BCUT2D eigenvalue weighted by Crippen LogP contribution is 2.20. The van der Waals surface area contributed by atoms with Gasteiger partial charge in [-0.3, -0.25) is 9.59 Å². The maximum absolute atomic E-state index is 11.4. The molecular weight excluding hydrogens is 288 g/mol. The second-order valence-corrected chi connectivity index (χ2v) is 4.75. The number of amides is 2. The lowest BCUT2D eigenvalue weighted by Crippen LogP contribution is -2.68. The molecule has 9 heteroatoms. The number of hydrogen-bond acceptors (Lipinski definition) is 7. The van der Waals surface area contributed by atoms with Crippen LogP contribution in [0, 0.1) is 0 Å². The summed E-state index contributed by atoms with van der Waals surface area (Å²) in [5, 5.41) is 33.8. The fraction of sp³-hybridized carbons (Fsp3) is 0.818. The predicted molar refractivity (Wildman–Crippen MR) is 72.0 cm³/mol. The van der Waals surface area contributed by atoms with Crippen LogP contribution in [0.25, 0.3) is 0 Å². The number of hydrogen-bond donors (Lipinski definition) is 6. The zero-order valence-electron chi connectivity index (χ0n) is 11.0. The van der Waals surface area contributed by atoms with Gasteiger partial charge in [-0.2, -0.15) is 12.6 Å². The standard InChI is InChI=1S/C11H20N2O6S/c1-2-6(15)13-11-8(12-7(16)4-20)10(18)9(17)5(3-14)19-11/h5,8-11,14,17-18,20H,2-4H2,1H3,(H,12,16)(H,13,15)/t5?,8?,9-,10-,11-/m1/s1. The molecule has 0 aromatic carbocycles. The molecule has 1 heterocycles. The molecule has 20 heavy (non-hydrogen) atoms. The minimum atomic E-state index is -1.38. The fourth-order valence-electron chi connectivity index (χ4n) is 1.89. The number of carbonyl (C=O) groups is 2. The molecule has 8 nitrogen and oxygen atoms in total. The van der Waals surface area contributed by atoms with E-state index in [1.807, 2.05) is 0 Å². The molecule has 1 fully saturated rings. The third kappa shape index (κ3) is 4.06. The highest BCUT2D eigenvalue weighted by Gasteiger charge is 2.45. The highest BCUT2D eigenvalue weighted by atomic mass is 32.1. The molecule has 0 radical (unpaired) electrons. The smallest absolute Gasteiger partial charge is 0.230 e. The molecule has 0 aliphatic carbocycles. The molecule has 2 amide bonds. The van der Waals surface area contributed by atoms with Crippen LogP contribution in [-0.2, 0) is 14.3 Å². The zero-order valence-corrected chi connectivity index (χ0v) is 11.9. The molecule has 1 rings (SSSR count). The van der Waals surface area contributed by atoms with Crippen LogP contribution in [-0.4, -0.2) is 70.1 Å². The molecule has 0 bridgehead atoms. The normalized spacial score (nSPS) is 33.5. The van der Waals surface area contributed by atoms with Crippen molar-refractivity contribution >= 4 is 24.4 Å². The van der Waals surface area contributed by atoms with E-state index in [1.54, 1.807) is 6.92 Å². The van der Waals surface area contributed by atoms with Crippen LogP contribution < -0.4 is 10.6 Å². The lowest BCUT2D eigenvalue weighted by atomic mass is 9.96. The lowest BCUT2D eigenvalue weighted by molar-refractivity contribution is -0.203. The molecule has 2 unspecified atom stereocenters. The third-order valence-electron chi connectivity index (χ3n) is 3.02. The number of thiol groups is 1. The summed E-state index contributed by atoms with van der Waals surface area (Å²) in [5.74, 6) is -0.941. The second-order valence-electron chi connectivity index (χ2n) is 4.43. The van der Waals surface area contributed by atoms with Crippen molar-refractivity contribution in [1.29, 1.82) is 0 Å². The summed E-state index contributed by atoms with van der Waals surface area (Å²) in [6.07, 6.45) is -4.65. The summed E-state index contributed by atoms with van der Waals surface area (Å²) < 4.78 is 5.32. The summed E-state index contributed by atoms with van der Waals surface area (Å²) in [4.78, 5) is 22.8. The van der Waals surface area contributed by atoms with E-state index >= 15 is 0 Å². The first kappa shape index (κ1) is 17.2. The SMILES string of the molecule is CCC(=O)N[C@@H]1OC(CO)[C@@H](O)[C@H](O)C1NC(=O)CS. The Bertz CT molecular complexity index is 356. The molecule has 0 aromatic rings. The van der Waals surface area contributed by atoms with Gasteiger partial charge >= 0.3 is 0 Å².